The maximum absolute atomic E-state index is 3.64. The second-order valence-electron chi connectivity index (χ2n) is 28.8. The van der Waals surface area contributed by atoms with Gasteiger partial charge >= 0.3 is 0 Å². The molecule has 17 aromatic rings. The third-order valence-corrected chi connectivity index (χ3v) is 21.0. The molecule has 0 fully saturated rings. The van der Waals surface area contributed by atoms with E-state index in [1.807, 2.05) is 30.3 Å². The van der Waals surface area contributed by atoms with Crippen LogP contribution in [0.4, 0.5) is 45.5 Å². The Balaban J connectivity index is 0.000000110. The summed E-state index contributed by atoms with van der Waals surface area (Å²) in [7, 11) is 0. The Morgan fingerprint density at radius 2 is 0.491 bits per heavy atom. The zero-order valence-electron chi connectivity index (χ0n) is 61.3. The first-order valence-corrected chi connectivity index (χ1v) is 37.3. The molecular weight excluding hydrogens is 1310 g/mol. The molecule has 0 heterocycles. The Labute approximate surface area is 635 Å². The van der Waals surface area contributed by atoms with E-state index in [1.54, 1.807) is 0 Å². The molecule has 4 N–H and O–H groups in total. The Hall–Kier alpha value is -13.5. The van der Waals surface area contributed by atoms with Crippen molar-refractivity contribution >= 4 is 67.0 Å². The van der Waals surface area contributed by atoms with Crippen LogP contribution in [-0.2, 0) is 10.8 Å². The Bertz CT molecular complexity index is 5880. The number of fused-ring (bicyclic) bond motifs is 8. The second-order valence-corrected chi connectivity index (χ2v) is 28.8. The van der Waals surface area contributed by atoms with Crippen LogP contribution in [0, 0.1) is 0 Å². The van der Waals surface area contributed by atoms with Gasteiger partial charge in [0.2, 0.25) is 0 Å². The maximum Gasteiger partial charge on any atom is 0.0463 e. The number of hydrogen-bond acceptors (Lipinski definition) is 4. The standard InChI is InChI=1S/C30H23N.2C25H21N.C24H19N/c1-4-10-23(11-5-1)26-16-18-29(19-17-26)31-30-21-27(24-12-6-2-7-13-24)20-28(22-30)25-14-8-3-9-15-25;1-25(2)22-12-6-5-11-20(22)21-15-14-18(16-23(21)25)26-24-13-7-9-17-8-3-4-10-19(17)24;1-25(2)23-10-6-5-9-21(23)22-14-13-20(16-24(22)25)26-19-12-11-17-7-3-4-8-18(17)15-19;1-3-8-19(9-4-1)21-10-7-11-22(18-21)20-14-16-24(17-15-20)25-23-12-5-2-6-13-23/h1-22,31H;2*3-16,26H,1-2H3;1-18,25H. The summed E-state index contributed by atoms with van der Waals surface area (Å²) in [6.45, 7) is 9.27. The smallest absolute Gasteiger partial charge is 0.0463 e. The number of nitrogens with one attached hydrogen (secondary N) is 4. The monoisotopic (exact) mass is 1390 g/mol. The average molecular weight is 1390 g/mol. The van der Waals surface area contributed by atoms with Gasteiger partial charge in [-0.25, -0.2) is 0 Å². The Morgan fingerprint density at radius 1 is 0.167 bits per heavy atom. The fourth-order valence-corrected chi connectivity index (χ4v) is 15.3. The molecule has 0 saturated heterocycles. The van der Waals surface area contributed by atoms with Crippen molar-refractivity contribution in [3.8, 4) is 77.9 Å². The van der Waals surface area contributed by atoms with Crippen LogP contribution >= 0.6 is 0 Å². The van der Waals surface area contributed by atoms with Gasteiger partial charge in [-0.2, -0.15) is 0 Å². The number of rotatable bonds is 13. The molecule has 0 aromatic heterocycles. The largest absolute Gasteiger partial charge is 0.356 e. The highest BCUT2D eigenvalue weighted by Gasteiger charge is 2.36. The second kappa shape index (κ2) is 31.0. The van der Waals surface area contributed by atoms with E-state index in [0.29, 0.717) is 0 Å². The summed E-state index contributed by atoms with van der Waals surface area (Å²) in [5.74, 6) is 0. The van der Waals surface area contributed by atoms with Crippen molar-refractivity contribution in [2.75, 3.05) is 21.3 Å². The highest BCUT2D eigenvalue weighted by atomic mass is 14.9. The lowest BCUT2D eigenvalue weighted by Gasteiger charge is -2.22. The van der Waals surface area contributed by atoms with Gasteiger partial charge in [0.05, 0.1) is 0 Å². The van der Waals surface area contributed by atoms with Gasteiger partial charge in [0.15, 0.2) is 0 Å². The lowest BCUT2D eigenvalue weighted by Crippen LogP contribution is -2.15. The zero-order chi connectivity index (χ0) is 73.2. The number of anilines is 8. The van der Waals surface area contributed by atoms with Gasteiger partial charge in [-0.05, 0) is 219 Å². The van der Waals surface area contributed by atoms with Crippen LogP contribution in [0.15, 0.2) is 413 Å². The van der Waals surface area contributed by atoms with Crippen LogP contribution in [0.3, 0.4) is 0 Å². The molecule has 0 spiro atoms. The highest BCUT2D eigenvalue weighted by Crippen LogP contribution is 2.51. The molecule has 17 aromatic carbocycles. The highest BCUT2D eigenvalue weighted by molar-refractivity contribution is 5.96. The van der Waals surface area contributed by atoms with Crippen LogP contribution in [0.5, 0.6) is 0 Å². The molecule has 2 aliphatic carbocycles. The van der Waals surface area contributed by atoms with E-state index in [4.69, 9.17) is 0 Å². The minimum atomic E-state index is 0.0301. The number of benzene rings is 17. The number of para-hydroxylation sites is 1. The van der Waals surface area contributed by atoms with Crippen molar-refractivity contribution in [1.29, 1.82) is 0 Å². The van der Waals surface area contributed by atoms with Crippen molar-refractivity contribution < 1.29 is 0 Å². The SMILES string of the molecule is CC1(C)c2ccccc2-c2ccc(Nc3ccc4ccccc4c3)cc21.CC1(C)c2ccccc2-c2ccc(Nc3cccc4ccccc34)cc21.c1ccc(-c2ccc(Nc3cc(-c4ccccc4)cc(-c4ccccc4)c3)cc2)cc1.c1ccc(Nc2ccc(-c3cccc(-c4ccccc4)c3)cc2)cc1. The van der Waals surface area contributed by atoms with Gasteiger partial charge < -0.3 is 21.3 Å². The molecule has 0 saturated carbocycles. The lowest BCUT2D eigenvalue weighted by molar-refractivity contribution is 0.660. The molecule has 0 radical (unpaired) electrons. The molecule has 4 nitrogen and oxygen atoms in total. The van der Waals surface area contributed by atoms with E-state index in [-0.39, 0.29) is 10.8 Å². The van der Waals surface area contributed by atoms with E-state index in [9.17, 15) is 0 Å². The molecule has 520 valence electrons. The fraction of sp³-hybridized carbons (Fsp3) is 0.0577. The average Bonchev–Trinajstić information content (AvgIpc) is 1.59. The quantitative estimate of drug-likeness (QED) is 0.0929. The number of hydrogen-bond donors (Lipinski definition) is 4. The van der Waals surface area contributed by atoms with E-state index in [0.717, 1.165) is 45.5 Å². The van der Waals surface area contributed by atoms with E-state index in [2.05, 4.69) is 431 Å². The van der Waals surface area contributed by atoms with Gasteiger partial charge in [0, 0.05) is 61.7 Å². The summed E-state index contributed by atoms with van der Waals surface area (Å²) in [6.07, 6.45) is 0. The van der Waals surface area contributed by atoms with Crippen LogP contribution in [0.25, 0.3) is 99.4 Å². The molecule has 0 atom stereocenters. The summed E-state index contributed by atoms with van der Waals surface area (Å²) < 4.78 is 0. The Morgan fingerprint density at radius 3 is 1.03 bits per heavy atom. The summed E-state index contributed by atoms with van der Waals surface area (Å²) in [4.78, 5) is 0. The van der Waals surface area contributed by atoms with Crippen molar-refractivity contribution in [3.63, 3.8) is 0 Å². The van der Waals surface area contributed by atoms with E-state index < -0.39 is 0 Å². The zero-order valence-corrected chi connectivity index (χ0v) is 61.3. The first-order valence-electron chi connectivity index (χ1n) is 37.3. The van der Waals surface area contributed by atoms with Gasteiger partial charge in [-0.3, -0.25) is 0 Å². The molecule has 19 rings (SSSR count). The van der Waals surface area contributed by atoms with Crippen LogP contribution in [-0.4, -0.2) is 0 Å². The van der Waals surface area contributed by atoms with Crippen molar-refractivity contribution in [2.45, 2.75) is 38.5 Å². The lowest BCUT2D eigenvalue weighted by atomic mass is 9.82. The summed E-state index contributed by atoms with van der Waals surface area (Å²) in [5.41, 5.74) is 32.2. The van der Waals surface area contributed by atoms with Gasteiger partial charge in [-0.1, -0.05) is 337 Å². The minimum Gasteiger partial charge on any atom is -0.356 e. The molecular formula is C104H84N4. The van der Waals surface area contributed by atoms with Crippen LogP contribution < -0.4 is 21.3 Å². The molecule has 2 aliphatic rings. The maximum atomic E-state index is 3.64. The summed E-state index contributed by atoms with van der Waals surface area (Å²) >= 11 is 0. The van der Waals surface area contributed by atoms with Crippen molar-refractivity contribution in [2.24, 2.45) is 0 Å². The molecule has 0 amide bonds. The predicted octanol–water partition coefficient (Wildman–Crippen LogP) is 29.0. The molecule has 108 heavy (non-hydrogen) atoms. The molecule has 0 unspecified atom stereocenters. The predicted molar refractivity (Wildman–Crippen MR) is 462 cm³/mol. The van der Waals surface area contributed by atoms with Crippen LogP contribution in [0.1, 0.15) is 49.9 Å². The minimum absolute atomic E-state index is 0.0301. The van der Waals surface area contributed by atoms with E-state index in [1.165, 1.54) is 122 Å². The van der Waals surface area contributed by atoms with Crippen molar-refractivity contribution in [1.82, 2.24) is 0 Å². The van der Waals surface area contributed by atoms with Crippen LogP contribution in [0.2, 0.25) is 0 Å². The van der Waals surface area contributed by atoms with Gasteiger partial charge in [0.25, 0.3) is 0 Å². The third-order valence-electron chi connectivity index (χ3n) is 21.0. The Kier molecular flexibility index (Phi) is 19.8. The normalized spacial score (nSPS) is 12.2. The first-order chi connectivity index (χ1) is 53.0. The van der Waals surface area contributed by atoms with E-state index >= 15 is 0 Å². The van der Waals surface area contributed by atoms with Crippen molar-refractivity contribution in [3.05, 3.63) is 435 Å². The first kappa shape index (κ1) is 68.9. The molecule has 4 heteroatoms. The molecule has 0 bridgehead atoms. The molecule has 0 aliphatic heterocycles. The van der Waals surface area contributed by atoms with Gasteiger partial charge in [0.1, 0.15) is 0 Å². The third kappa shape index (κ3) is 15.2. The summed E-state index contributed by atoms with van der Waals surface area (Å²) in [5, 5.41) is 19.3. The van der Waals surface area contributed by atoms with Gasteiger partial charge in [-0.15, -0.1) is 0 Å². The fourth-order valence-electron chi connectivity index (χ4n) is 15.3. The topological polar surface area (TPSA) is 48.1 Å². The summed E-state index contributed by atoms with van der Waals surface area (Å²) in [6, 6.07) is 146.